The lowest BCUT2D eigenvalue weighted by molar-refractivity contribution is 0.248. The predicted molar refractivity (Wildman–Crippen MR) is 92.2 cm³/mol. The fourth-order valence-electron chi connectivity index (χ4n) is 2.54. The number of amides is 2. The van der Waals surface area contributed by atoms with Gasteiger partial charge in [0, 0.05) is 5.69 Å². The zero-order valence-electron chi connectivity index (χ0n) is 13.5. The van der Waals surface area contributed by atoms with Gasteiger partial charge in [-0.05, 0) is 29.5 Å². The van der Waals surface area contributed by atoms with E-state index in [2.05, 4.69) is 37.5 Å². The molecule has 0 aliphatic heterocycles. The Morgan fingerprint density at radius 3 is 2.27 bits per heavy atom. The van der Waals surface area contributed by atoms with E-state index in [-0.39, 0.29) is 12.1 Å². The number of urea groups is 1. The van der Waals surface area contributed by atoms with E-state index in [1.807, 2.05) is 48.5 Å². The standard InChI is InChI=1S/C19H24N2O/c1-4-17(15-10-6-5-7-11-15)20-19(22)21-18-13-9-8-12-16(18)14(2)3/h5-14,17H,4H2,1-3H3,(H2,20,21,22). The van der Waals surface area contributed by atoms with Crippen LogP contribution in [0.25, 0.3) is 0 Å². The van der Waals surface area contributed by atoms with Crippen LogP contribution in [0.3, 0.4) is 0 Å². The number of nitrogens with one attached hydrogen (secondary N) is 2. The number of benzene rings is 2. The van der Waals surface area contributed by atoms with Crippen LogP contribution in [0.1, 0.15) is 50.3 Å². The second-order valence-electron chi connectivity index (χ2n) is 5.71. The average Bonchev–Trinajstić information content (AvgIpc) is 2.53. The van der Waals surface area contributed by atoms with Gasteiger partial charge >= 0.3 is 6.03 Å². The summed E-state index contributed by atoms with van der Waals surface area (Å²) >= 11 is 0. The van der Waals surface area contributed by atoms with E-state index < -0.39 is 0 Å². The summed E-state index contributed by atoms with van der Waals surface area (Å²) in [5.74, 6) is 0.368. The maximum absolute atomic E-state index is 12.3. The van der Waals surface area contributed by atoms with Crippen LogP contribution in [0.4, 0.5) is 10.5 Å². The van der Waals surface area contributed by atoms with E-state index in [9.17, 15) is 4.79 Å². The van der Waals surface area contributed by atoms with Gasteiger partial charge in [-0.25, -0.2) is 4.79 Å². The highest BCUT2D eigenvalue weighted by Gasteiger charge is 2.14. The summed E-state index contributed by atoms with van der Waals surface area (Å²) in [6.45, 7) is 6.31. The van der Waals surface area contributed by atoms with Crippen molar-refractivity contribution in [2.24, 2.45) is 0 Å². The normalized spacial score (nSPS) is 12.0. The highest BCUT2D eigenvalue weighted by atomic mass is 16.2. The zero-order valence-corrected chi connectivity index (χ0v) is 13.5. The molecular formula is C19H24N2O. The van der Waals surface area contributed by atoms with Crippen molar-refractivity contribution in [3.63, 3.8) is 0 Å². The second kappa shape index (κ2) is 7.64. The Morgan fingerprint density at radius 1 is 1.00 bits per heavy atom. The van der Waals surface area contributed by atoms with Gasteiger partial charge in [0.15, 0.2) is 0 Å². The first-order valence-corrected chi connectivity index (χ1v) is 7.83. The van der Waals surface area contributed by atoms with Crippen molar-refractivity contribution < 1.29 is 4.79 Å². The van der Waals surface area contributed by atoms with Gasteiger partial charge < -0.3 is 10.6 Å². The molecule has 2 N–H and O–H groups in total. The smallest absolute Gasteiger partial charge is 0.319 e. The lowest BCUT2D eigenvalue weighted by Gasteiger charge is -2.19. The molecule has 2 aromatic carbocycles. The molecule has 0 fully saturated rings. The van der Waals surface area contributed by atoms with Crippen molar-refractivity contribution in [2.45, 2.75) is 39.2 Å². The molecule has 0 saturated heterocycles. The molecule has 0 aliphatic rings. The van der Waals surface area contributed by atoms with Crippen LogP contribution in [-0.4, -0.2) is 6.03 Å². The van der Waals surface area contributed by atoms with Gasteiger partial charge in [-0.1, -0.05) is 69.3 Å². The number of carbonyl (C=O) groups is 1. The van der Waals surface area contributed by atoms with Crippen molar-refractivity contribution in [2.75, 3.05) is 5.32 Å². The molecule has 1 atom stereocenters. The third-order valence-electron chi connectivity index (χ3n) is 3.75. The summed E-state index contributed by atoms with van der Waals surface area (Å²) in [7, 11) is 0. The fourth-order valence-corrected chi connectivity index (χ4v) is 2.54. The molecule has 0 aromatic heterocycles. The van der Waals surface area contributed by atoms with Crippen molar-refractivity contribution >= 4 is 11.7 Å². The summed E-state index contributed by atoms with van der Waals surface area (Å²) in [6, 6.07) is 17.8. The van der Waals surface area contributed by atoms with Gasteiger partial charge in [0.25, 0.3) is 0 Å². The largest absolute Gasteiger partial charge is 0.331 e. The molecule has 22 heavy (non-hydrogen) atoms. The van der Waals surface area contributed by atoms with Crippen molar-refractivity contribution in [1.29, 1.82) is 0 Å². The molecule has 0 saturated carbocycles. The van der Waals surface area contributed by atoms with Gasteiger partial charge in [0.05, 0.1) is 6.04 Å². The molecule has 3 nitrogen and oxygen atoms in total. The summed E-state index contributed by atoms with van der Waals surface area (Å²) < 4.78 is 0. The topological polar surface area (TPSA) is 41.1 Å². The van der Waals surface area contributed by atoms with Gasteiger partial charge in [-0.15, -0.1) is 0 Å². The molecule has 2 aromatic rings. The monoisotopic (exact) mass is 296 g/mol. The molecule has 0 heterocycles. The Labute approximate surface area is 132 Å². The van der Waals surface area contributed by atoms with Crippen LogP contribution >= 0.6 is 0 Å². The molecule has 0 bridgehead atoms. The minimum Gasteiger partial charge on any atom is -0.331 e. The first-order chi connectivity index (χ1) is 10.6. The van der Waals surface area contributed by atoms with Gasteiger partial charge in [0.2, 0.25) is 0 Å². The van der Waals surface area contributed by atoms with Crippen LogP contribution in [0.2, 0.25) is 0 Å². The van der Waals surface area contributed by atoms with Gasteiger partial charge in [0.1, 0.15) is 0 Å². The van der Waals surface area contributed by atoms with Crippen LogP contribution in [-0.2, 0) is 0 Å². The van der Waals surface area contributed by atoms with E-state index in [1.54, 1.807) is 0 Å². The number of para-hydroxylation sites is 1. The number of hydrogen-bond donors (Lipinski definition) is 2. The Bertz CT molecular complexity index is 608. The molecule has 1 unspecified atom stereocenters. The Balaban J connectivity index is 2.07. The maximum atomic E-state index is 12.3. The van der Waals surface area contributed by atoms with Crippen LogP contribution in [0.15, 0.2) is 54.6 Å². The summed E-state index contributed by atoms with van der Waals surface area (Å²) in [5.41, 5.74) is 3.14. The number of rotatable bonds is 5. The van der Waals surface area contributed by atoms with E-state index >= 15 is 0 Å². The molecule has 2 rings (SSSR count). The molecule has 0 spiro atoms. The number of anilines is 1. The molecule has 0 radical (unpaired) electrons. The zero-order chi connectivity index (χ0) is 15.9. The first-order valence-electron chi connectivity index (χ1n) is 7.83. The van der Waals surface area contributed by atoms with E-state index in [0.717, 1.165) is 23.2 Å². The molecule has 116 valence electrons. The van der Waals surface area contributed by atoms with Crippen LogP contribution < -0.4 is 10.6 Å². The molecule has 3 heteroatoms. The van der Waals surface area contributed by atoms with Gasteiger partial charge in [-0.3, -0.25) is 0 Å². The predicted octanol–water partition coefficient (Wildman–Crippen LogP) is 5.08. The number of hydrogen-bond acceptors (Lipinski definition) is 1. The first kappa shape index (κ1) is 16.1. The number of carbonyl (C=O) groups excluding carboxylic acids is 1. The van der Waals surface area contributed by atoms with E-state index in [0.29, 0.717) is 5.92 Å². The Morgan fingerprint density at radius 2 is 1.64 bits per heavy atom. The highest BCUT2D eigenvalue weighted by Crippen LogP contribution is 2.24. The lowest BCUT2D eigenvalue weighted by Crippen LogP contribution is -2.32. The highest BCUT2D eigenvalue weighted by molar-refractivity contribution is 5.90. The van der Waals surface area contributed by atoms with Crippen molar-refractivity contribution in [1.82, 2.24) is 5.32 Å². The Kier molecular flexibility index (Phi) is 5.59. The van der Waals surface area contributed by atoms with Crippen molar-refractivity contribution in [3.8, 4) is 0 Å². The molecule has 0 aliphatic carbocycles. The fraction of sp³-hybridized carbons (Fsp3) is 0.316. The SMILES string of the molecule is CCC(NC(=O)Nc1ccccc1C(C)C)c1ccccc1. The third kappa shape index (κ3) is 4.10. The van der Waals surface area contributed by atoms with Gasteiger partial charge in [-0.2, -0.15) is 0 Å². The summed E-state index contributed by atoms with van der Waals surface area (Å²) in [5, 5.41) is 6.02. The minimum absolute atomic E-state index is 0.0208. The van der Waals surface area contributed by atoms with E-state index in [4.69, 9.17) is 0 Å². The van der Waals surface area contributed by atoms with Crippen LogP contribution in [0, 0.1) is 0 Å². The average molecular weight is 296 g/mol. The Hall–Kier alpha value is -2.29. The van der Waals surface area contributed by atoms with Crippen molar-refractivity contribution in [3.05, 3.63) is 65.7 Å². The third-order valence-corrected chi connectivity index (χ3v) is 3.75. The molecule has 2 amide bonds. The van der Waals surface area contributed by atoms with Crippen LogP contribution in [0.5, 0.6) is 0 Å². The molecular weight excluding hydrogens is 272 g/mol. The maximum Gasteiger partial charge on any atom is 0.319 e. The minimum atomic E-state index is -0.163. The lowest BCUT2D eigenvalue weighted by atomic mass is 10.0. The summed E-state index contributed by atoms with van der Waals surface area (Å²) in [6.07, 6.45) is 0.850. The van der Waals surface area contributed by atoms with E-state index in [1.165, 1.54) is 0 Å². The quantitative estimate of drug-likeness (QED) is 0.793. The second-order valence-corrected chi connectivity index (χ2v) is 5.71. The summed E-state index contributed by atoms with van der Waals surface area (Å²) in [4.78, 5) is 12.3.